The molecule has 1 saturated heterocycles. The molecule has 5 nitrogen and oxygen atoms in total. The molecule has 7 heteroatoms. The maximum Gasteiger partial charge on any atom is 0.229 e. The molecule has 0 bridgehead atoms. The molecule has 1 aliphatic rings. The van der Waals surface area contributed by atoms with Crippen molar-refractivity contribution in [3.63, 3.8) is 0 Å². The van der Waals surface area contributed by atoms with Gasteiger partial charge in [-0.15, -0.1) is 0 Å². The Morgan fingerprint density at radius 2 is 2.33 bits per heavy atom. The number of halogens is 2. The molecule has 1 N–H and O–H groups in total. The van der Waals surface area contributed by atoms with Crippen molar-refractivity contribution in [2.75, 3.05) is 0 Å². The summed E-state index contributed by atoms with van der Waals surface area (Å²) >= 11 is 5.71. The summed E-state index contributed by atoms with van der Waals surface area (Å²) in [6.45, 7) is 0. The number of piperidine rings is 1. The number of nitrogens with zero attached hydrogens (tertiary/aromatic N) is 2. The summed E-state index contributed by atoms with van der Waals surface area (Å²) in [5, 5.41) is 6.96. The quantitative estimate of drug-likeness (QED) is 0.946. The Labute approximate surface area is 125 Å². The molecule has 2 heterocycles. The van der Waals surface area contributed by atoms with Crippen LogP contribution in [0.25, 0.3) is 11.4 Å². The second-order valence-corrected chi connectivity index (χ2v) is 5.43. The van der Waals surface area contributed by atoms with E-state index < -0.39 is 5.82 Å². The van der Waals surface area contributed by atoms with Crippen LogP contribution in [-0.4, -0.2) is 22.1 Å². The van der Waals surface area contributed by atoms with Gasteiger partial charge < -0.3 is 9.84 Å². The number of amides is 1. The topological polar surface area (TPSA) is 68.0 Å². The fraction of sp³-hybridized carbons (Fsp3) is 0.357. The van der Waals surface area contributed by atoms with E-state index in [0.717, 1.165) is 12.8 Å². The Hall–Kier alpha value is -1.95. The van der Waals surface area contributed by atoms with Crippen LogP contribution in [-0.2, 0) is 11.2 Å². The third-order valence-electron chi connectivity index (χ3n) is 3.38. The molecule has 1 atom stereocenters. The van der Waals surface area contributed by atoms with E-state index in [2.05, 4.69) is 15.5 Å². The number of aromatic nitrogens is 2. The average molecular weight is 310 g/mol. The molecule has 3 rings (SSSR count). The summed E-state index contributed by atoms with van der Waals surface area (Å²) in [4.78, 5) is 15.5. The third kappa shape index (κ3) is 3.21. The highest BCUT2D eigenvalue weighted by Gasteiger charge is 2.21. The molecule has 110 valence electrons. The van der Waals surface area contributed by atoms with E-state index in [9.17, 15) is 9.18 Å². The van der Waals surface area contributed by atoms with E-state index in [0.29, 0.717) is 23.8 Å². The highest BCUT2D eigenvalue weighted by Crippen LogP contribution is 2.23. The first-order valence-corrected chi connectivity index (χ1v) is 7.07. The van der Waals surface area contributed by atoms with Gasteiger partial charge >= 0.3 is 0 Å². The highest BCUT2D eigenvalue weighted by atomic mass is 35.5. The van der Waals surface area contributed by atoms with Gasteiger partial charge in [-0.05, 0) is 31.0 Å². The third-order valence-corrected chi connectivity index (χ3v) is 3.62. The van der Waals surface area contributed by atoms with Crippen LogP contribution in [0.4, 0.5) is 4.39 Å². The Kier molecular flexibility index (Phi) is 3.88. The standard InChI is InChI=1S/C14H13ClFN3O2/c15-8-4-5-10(11(16)6-8)14-18-13(21-19-14)7-9-2-1-3-12(20)17-9/h4-6,9H,1-3,7H2,(H,17,20). The Morgan fingerprint density at radius 3 is 3.10 bits per heavy atom. The van der Waals surface area contributed by atoms with Crippen LogP contribution in [0.15, 0.2) is 22.7 Å². The number of nitrogens with one attached hydrogen (secondary N) is 1. The van der Waals surface area contributed by atoms with Gasteiger partial charge in [0.25, 0.3) is 0 Å². The Bertz CT molecular complexity index is 674. The van der Waals surface area contributed by atoms with Gasteiger partial charge in [0.15, 0.2) is 0 Å². The first-order valence-electron chi connectivity index (χ1n) is 6.69. The molecule has 0 spiro atoms. The molecule has 1 aliphatic heterocycles. The first kappa shape index (κ1) is 14.0. The largest absolute Gasteiger partial charge is 0.353 e. The Morgan fingerprint density at radius 1 is 1.48 bits per heavy atom. The predicted octanol–water partition coefficient (Wildman–Crippen LogP) is 2.74. The van der Waals surface area contributed by atoms with Gasteiger partial charge in [0, 0.05) is 23.9 Å². The smallest absolute Gasteiger partial charge is 0.229 e. The first-order chi connectivity index (χ1) is 10.1. The highest BCUT2D eigenvalue weighted by molar-refractivity contribution is 6.30. The van der Waals surface area contributed by atoms with Gasteiger partial charge in [0.2, 0.25) is 17.6 Å². The maximum absolute atomic E-state index is 13.8. The molecule has 1 fully saturated rings. The SMILES string of the molecule is O=C1CCCC(Cc2nc(-c3ccc(Cl)cc3F)no2)N1. The van der Waals surface area contributed by atoms with Crippen LogP contribution in [0.3, 0.4) is 0 Å². The molecular weight excluding hydrogens is 297 g/mol. The fourth-order valence-electron chi connectivity index (χ4n) is 2.36. The van der Waals surface area contributed by atoms with Crippen LogP contribution >= 0.6 is 11.6 Å². The second kappa shape index (κ2) is 5.81. The number of rotatable bonds is 3. The Balaban J connectivity index is 1.75. The number of carbonyl (C=O) groups is 1. The molecule has 0 saturated carbocycles. The summed E-state index contributed by atoms with van der Waals surface area (Å²) in [5.41, 5.74) is 0.238. The normalized spacial score (nSPS) is 18.6. The van der Waals surface area contributed by atoms with Crippen molar-refractivity contribution < 1.29 is 13.7 Å². The molecular formula is C14H13ClFN3O2. The minimum absolute atomic E-state index is 0.00499. The van der Waals surface area contributed by atoms with E-state index in [4.69, 9.17) is 16.1 Å². The summed E-state index contributed by atoms with van der Waals surface area (Å²) in [7, 11) is 0. The molecule has 1 amide bonds. The van der Waals surface area contributed by atoms with Crippen molar-refractivity contribution in [2.24, 2.45) is 0 Å². The molecule has 2 aromatic rings. The van der Waals surface area contributed by atoms with Crippen LogP contribution in [0.1, 0.15) is 25.2 Å². The summed E-state index contributed by atoms with van der Waals surface area (Å²) in [5.74, 6) is 0.100. The summed E-state index contributed by atoms with van der Waals surface area (Å²) in [6.07, 6.45) is 2.73. The minimum atomic E-state index is -0.499. The fourth-order valence-corrected chi connectivity index (χ4v) is 2.52. The maximum atomic E-state index is 13.8. The summed E-state index contributed by atoms with van der Waals surface area (Å²) < 4.78 is 18.9. The predicted molar refractivity (Wildman–Crippen MR) is 74.2 cm³/mol. The van der Waals surface area contributed by atoms with Crippen molar-refractivity contribution >= 4 is 17.5 Å². The van der Waals surface area contributed by atoms with Gasteiger partial charge in [-0.25, -0.2) is 4.39 Å². The number of hydrogen-bond acceptors (Lipinski definition) is 4. The monoisotopic (exact) mass is 309 g/mol. The van der Waals surface area contributed by atoms with Crippen LogP contribution in [0, 0.1) is 5.82 Å². The molecule has 1 aromatic carbocycles. The lowest BCUT2D eigenvalue weighted by Gasteiger charge is -2.21. The van der Waals surface area contributed by atoms with E-state index >= 15 is 0 Å². The van der Waals surface area contributed by atoms with Crippen LogP contribution in [0.5, 0.6) is 0 Å². The number of hydrogen-bond donors (Lipinski definition) is 1. The van der Waals surface area contributed by atoms with E-state index in [1.165, 1.54) is 12.1 Å². The molecule has 21 heavy (non-hydrogen) atoms. The van der Waals surface area contributed by atoms with Crippen molar-refractivity contribution in [2.45, 2.75) is 31.7 Å². The zero-order valence-corrected chi connectivity index (χ0v) is 11.9. The van der Waals surface area contributed by atoms with Crippen molar-refractivity contribution in [3.05, 3.63) is 34.9 Å². The average Bonchev–Trinajstić information content (AvgIpc) is 2.87. The zero-order chi connectivity index (χ0) is 14.8. The van der Waals surface area contributed by atoms with E-state index in [1.807, 2.05) is 0 Å². The lowest BCUT2D eigenvalue weighted by molar-refractivity contribution is -0.123. The van der Waals surface area contributed by atoms with Crippen molar-refractivity contribution in [1.82, 2.24) is 15.5 Å². The van der Waals surface area contributed by atoms with Gasteiger partial charge in [0.1, 0.15) is 5.82 Å². The number of benzene rings is 1. The second-order valence-electron chi connectivity index (χ2n) is 5.00. The van der Waals surface area contributed by atoms with Crippen molar-refractivity contribution in [3.8, 4) is 11.4 Å². The van der Waals surface area contributed by atoms with Crippen molar-refractivity contribution in [1.29, 1.82) is 0 Å². The lowest BCUT2D eigenvalue weighted by atomic mass is 10.0. The summed E-state index contributed by atoms with van der Waals surface area (Å²) in [6, 6.07) is 4.27. The lowest BCUT2D eigenvalue weighted by Crippen LogP contribution is -2.40. The minimum Gasteiger partial charge on any atom is -0.353 e. The van der Waals surface area contributed by atoms with Crippen LogP contribution in [0.2, 0.25) is 5.02 Å². The van der Waals surface area contributed by atoms with Gasteiger partial charge in [-0.2, -0.15) is 4.98 Å². The molecule has 0 radical (unpaired) electrons. The van der Waals surface area contributed by atoms with Gasteiger partial charge in [-0.1, -0.05) is 16.8 Å². The van der Waals surface area contributed by atoms with Crippen LogP contribution < -0.4 is 5.32 Å². The van der Waals surface area contributed by atoms with E-state index in [1.54, 1.807) is 6.07 Å². The molecule has 1 aromatic heterocycles. The zero-order valence-electron chi connectivity index (χ0n) is 11.1. The molecule has 1 unspecified atom stereocenters. The number of carbonyl (C=O) groups excluding carboxylic acids is 1. The molecule has 0 aliphatic carbocycles. The van der Waals surface area contributed by atoms with E-state index in [-0.39, 0.29) is 23.3 Å². The van der Waals surface area contributed by atoms with Gasteiger partial charge in [0.05, 0.1) is 5.56 Å². The van der Waals surface area contributed by atoms with Gasteiger partial charge in [-0.3, -0.25) is 4.79 Å².